The van der Waals surface area contributed by atoms with Crippen LogP contribution in [0.5, 0.6) is 0 Å². The van der Waals surface area contributed by atoms with Gasteiger partial charge in [0.2, 0.25) is 0 Å². The molecule has 0 aliphatic heterocycles. The van der Waals surface area contributed by atoms with Gasteiger partial charge < -0.3 is 15.2 Å². The molecular weight excluding hydrogens is 170 g/mol. The molecule has 1 aliphatic carbocycles. The molecule has 13 heavy (non-hydrogen) atoms. The quantitative estimate of drug-likeness (QED) is 0.598. The van der Waals surface area contributed by atoms with Crippen molar-refractivity contribution in [3.05, 3.63) is 0 Å². The van der Waals surface area contributed by atoms with Crippen molar-refractivity contribution in [2.24, 2.45) is 0 Å². The third kappa shape index (κ3) is 2.97. The Labute approximate surface area is 78.3 Å². The summed E-state index contributed by atoms with van der Waals surface area (Å²) in [6.45, 7) is 1.30. The Bertz CT molecular complexity index is 172. The molecule has 0 amide bonds. The lowest BCUT2D eigenvalue weighted by atomic mass is 9.80. The zero-order chi connectivity index (χ0) is 9.73. The summed E-state index contributed by atoms with van der Waals surface area (Å²) in [6.07, 6.45) is 3.57. The maximum Gasteiger partial charge on any atom is 0.304 e. The highest BCUT2D eigenvalue weighted by Gasteiger charge is 2.36. The standard InChI is InChI=1S/C9H17NO3/c1-13-9(4-2-5-9)7-10-6-3-8(11)12/h10H,2-7H2,1H3,(H,11,12). The molecule has 1 aliphatic rings. The van der Waals surface area contributed by atoms with Crippen LogP contribution in [-0.4, -0.2) is 36.9 Å². The van der Waals surface area contributed by atoms with E-state index in [2.05, 4.69) is 5.32 Å². The maximum absolute atomic E-state index is 10.2. The van der Waals surface area contributed by atoms with Gasteiger partial charge >= 0.3 is 5.97 Å². The Hall–Kier alpha value is -0.610. The van der Waals surface area contributed by atoms with Gasteiger partial charge in [-0.2, -0.15) is 0 Å². The van der Waals surface area contributed by atoms with Crippen molar-refractivity contribution in [2.45, 2.75) is 31.3 Å². The van der Waals surface area contributed by atoms with Crippen molar-refractivity contribution in [3.8, 4) is 0 Å². The Morgan fingerprint density at radius 2 is 2.31 bits per heavy atom. The highest BCUT2D eigenvalue weighted by molar-refractivity contribution is 5.66. The van der Waals surface area contributed by atoms with Crippen LogP contribution >= 0.6 is 0 Å². The topological polar surface area (TPSA) is 58.6 Å². The summed E-state index contributed by atoms with van der Waals surface area (Å²) in [5.74, 6) is -0.757. The van der Waals surface area contributed by atoms with Crippen molar-refractivity contribution in [1.82, 2.24) is 5.32 Å². The smallest absolute Gasteiger partial charge is 0.304 e. The molecule has 0 spiro atoms. The molecule has 0 aromatic rings. The van der Waals surface area contributed by atoms with E-state index in [-0.39, 0.29) is 12.0 Å². The van der Waals surface area contributed by atoms with Gasteiger partial charge in [-0.05, 0) is 19.3 Å². The molecule has 0 bridgehead atoms. The van der Waals surface area contributed by atoms with Crippen LogP contribution < -0.4 is 5.32 Å². The third-order valence-corrected chi connectivity index (χ3v) is 2.66. The lowest BCUT2D eigenvalue weighted by molar-refractivity contribution is -0.137. The second kappa shape index (κ2) is 4.58. The van der Waals surface area contributed by atoms with Gasteiger partial charge in [-0.1, -0.05) is 0 Å². The third-order valence-electron chi connectivity index (χ3n) is 2.66. The first-order valence-corrected chi connectivity index (χ1v) is 4.66. The van der Waals surface area contributed by atoms with E-state index in [9.17, 15) is 4.79 Å². The summed E-state index contributed by atoms with van der Waals surface area (Å²) in [5, 5.41) is 11.5. The molecule has 0 aromatic heterocycles. The van der Waals surface area contributed by atoms with Crippen LogP contribution in [0.2, 0.25) is 0 Å². The SMILES string of the molecule is COC1(CNCCC(=O)O)CCC1. The first-order valence-electron chi connectivity index (χ1n) is 4.66. The molecule has 4 heteroatoms. The Morgan fingerprint density at radius 1 is 1.62 bits per heavy atom. The van der Waals surface area contributed by atoms with E-state index in [1.54, 1.807) is 7.11 Å². The Morgan fingerprint density at radius 3 is 2.69 bits per heavy atom. The lowest BCUT2D eigenvalue weighted by Crippen LogP contribution is -2.48. The van der Waals surface area contributed by atoms with Gasteiger partial charge in [-0.15, -0.1) is 0 Å². The molecule has 1 fully saturated rings. The van der Waals surface area contributed by atoms with Crippen LogP contribution in [0.1, 0.15) is 25.7 Å². The van der Waals surface area contributed by atoms with Crippen molar-refractivity contribution >= 4 is 5.97 Å². The van der Waals surface area contributed by atoms with Gasteiger partial charge in [-0.3, -0.25) is 4.79 Å². The van der Waals surface area contributed by atoms with Gasteiger partial charge in [0.25, 0.3) is 0 Å². The zero-order valence-electron chi connectivity index (χ0n) is 8.01. The number of aliphatic carboxylic acids is 1. The number of nitrogens with one attached hydrogen (secondary N) is 1. The summed E-state index contributed by atoms with van der Waals surface area (Å²) >= 11 is 0. The molecule has 76 valence electrons. The number of carboxylic acids is 1. The second-order valence-corrected chi connectivity index (χ2v) is 3.56. The molecule has 0 unspecified atom stereocenters. The number of rotatable bonds is 6. The summed E-state index contributed by atoms with van der Waals surface area (Å²) in [5.41, 5.74) is -0.00148. The largest absolute Gasteiger partial charge is 0.481 e. The lowest BCUT2D eigenvalue weighted by Gasteiger charge is -2.40. The van der Waals surface area contributed by atoms with Gasteiger partial charge in [0.05, 0.1) is 12.0 Å². The minimum atomic E-state index is -0.757. The average molecular weight is 187 g/mol. The van der Waals surface area contributed by atoms with Crippen LogP contribution in [0.3, 0.4) is 0 Å². The van der Waals surface area contributed by atoms with E-state index >= 15 is 0 Å². The monoisotopic (exact) mass is 187 g/mol. The highest BCUT2D eigenvalue weighted by atomic mass is 16.5. The van der Waals surface area contributed by atoms with Gasteiger partial charge in [0.1, 0.15) is 0 Å². The van der Waals surface area contributed by atoms with Crippen LogP contribution in [0.4, 0.5) is 0 Å². The Balaban J connectivity index is 2.07. The number of hydrogen-bond acceptors (Lipinski definition) is 3. The maximum atomic E-state index is 10.2. The van der Waals surface area contributed by atoms with E-state index in [1.165, 1.54) is 6.42 Å². The fourth-order valence-corrected chi connectivity index (χ4v) is 1.54. The predicted molar refractivity (Wildman–Crippen MR) is 48.7 cm³/mol. The van der Waals surface area contributed by atoms with E-state index < -0.39 is 5.97 Å². The second-order valence-electron chi connectivity index (χ2n) is 3.56. The molecule has 4 nitrogen and oxygen atoms in total. The minimum absolute atomic E-state index is 0.00148. The first-order chi connectivity index (χ1) is 6.18. The van der Waals surface area contributed by atoms with Crippen LogP contribution in [0.15, 0.2) is 0 Å². The van der Waals surface area contributed by atoms with E-state index in [0.29, 0.717) is 6.54 Å². The molecule has 0 atom stereocenters. The Kier molecular flexibility index (Phi) is 3.69. The number of carbonyl (C=O) groups is 1. The van der Waals surface area contributed by atoms with Crippen molar-refractivity contribution in [3.63, 3.8) is 0 Å². The van der Waals surface area contributed by atoms with Crippen LogP contribution in [0, 0.1) is 0 Å². The van der Waals surface area contributed by atoms with Crippen LogP contribution in [-0.2, 0) is 9.53 Å². The van der Waals surface area contributed by atoms with Gasteiger partial charge in [0.15, 0.2) is 0 Å². The van der Waals surface area contributed by atoms with Gasteiger partial charge in [-0.25, -0.2) is 0 Å². The predicted octanol–water partition coefficient (Wildman–Crippen LogP) is 0.620. The molecule has 1 rings (SSSR count). The highest BCUT2D eigenvalue weighted by Crippen LogP contribution is 2.34. The number of hydrogen-bond donors (Lipinski definition) is 2. The molecular formula is C9H17NO3. The van der Waals surface area contributed by atoms with Crippen molar-refractivity contribution in [1.29, 1.82) is 0 Å². The first kappa shape index (κ1) is 10.5. The zero-order valence-corrected chi connectivity index (χ0v) is 8.01. The van der Waals surface area contributed by atoms with Crippen molar-refractivity contribution < 1.29 is 14.6 Å². The van der Waals surface area contributed by atoms with Crippen molar-refractivity contribution in [2.75, 3.05) is 20.2 Å². The molecule has 0 aromatic carbocycles. The molecule has 1 saturated carbocycles. The summed E-state index contributed by atoms with van der Waals surface area (Å²) in [6, 6.07) is 0. The van der Waals surface area contributed by atoms with E-state index in [0.717, 1.165) is 19.4 Å². The fraction of sp³-hybridized carbons (Fsp3) is 0.889. The summed E-state index contributed by atoms with van der Waals surface area (Å²) in [7, 11) is 1.72. The van der Waals surface area contributed by atoms with Gasteiger partial charge in [0, 0.05) is 20.2 Å². The van der Waals surface area contributed by atoms with Crippen LogP contribution in [0.25, 0.3) is 0 Å². The minimum Gasteiger partial charge on any atom is -0.481 e. The number of ether oxygens (including phenoxy) is 1. The molecule has 0 heterocycles. The molecule has 0 radical (unpaired) electrons. The molecule has 2 N–H and O–H groups in total. The van der Waals surface area contributed by atoms with E-state index in [1.807, 2.05) is 0 Å². The molecule has 0 saturated heterocycles. The fourth-order valence-electron chi connectivity index (χ4n) is 1.54. The summed E-state index contributed by atoms with van der Waals surface area (Å²) < 4.78 is 5.37. The van der Waals surface area contributed by atoms with E-state index in [4.69, 9.17) is 9.84 Å². The normalized spacial score (nSPS) is 19.5. The number of methoxy groups -OCH3 is 1. The number of carboxylic acid groups (broad SMARTS) is 1. The summed E-state index contributed by atoms with van der Waals surface area (Å²) in [4.78, 5) is 10.2. The average Bonchev–Trinajstić information content (AvgIpc) is 2.01.